The average molecular weight is 374 g/mol. The molecule has 2 aromatic rings. The van der Waals surface area contributed by atoms with Gasteiger partial charge in [-0.1, -0.05) is 24.6 Å². The molecule has 0 radical (unpaired) electrons. The molecule has 0 amide bonds. The van der Waals surface area contributed by atoms with Crippen LogP contribution in [-0.4, -0.2) is 22.0 Å². The van der Waals surface area contributed by atoms with Crippen molar-refractivity contribution in [2.75, 3.05) is 7.11 Å². The number of halogens is 2. The number of methoxy groups -OCH3 is 1. The summed E-state index contributed by atoms with van der Waals surface area (Å²) in [7, 11) is 3.45. The van der Waals surface area contributed by atoms with Crippen molar-refractivity contribution in [2.45, 2.75) is 25.9 Å². The zero-order valence-electron chi connectivity index (χ0n) is 12.2. The fourth-order valence-electron chi connectivity index (χ4n) is 2.29. The molecule has 21 heavy (non-hydrogen) atoms. The number of hydrogen-bond donors (Lipinski definition) is 1. The first-order valence-corrected chi connectivity index (χ1v) is 7.86. The highest BCUT2D eigenvalue weighted by Crippen LogP contribution is 2.32. The molecule has 0 aliphatic carbocycles. The molecule has 0 fully saturated rings. The Morgan fingerprint density at radius 2 is 2.19 bits per heavy atom. The van der Waals surface area contributed by atoms with Gasteiger partial charge in [-0.25, -0.2) is 0 Å². The third-order valence-electron chi connectivity index (χ3n) is 3.44. The second kappa shape index (κ2) is 6.81. The van der Waals surface area contributed by atoms with Crippen molar-refractivity contribution in [3.63, 3.8) is 0 Å². The number of aromatic nitrogens is 2. The van der Waals surface area contributed by atoms with Gasteiger partial charge in [0.05, 0.1) is 29.1 Å². The Morgan fingerprint density at radius 3 is 2.76 bits per heavy atom. The fraction of sp³-hybridized carbons (Fsp3) is 0.400. The first kappa shape index (κ1) is 16.3. The first-order chi connectivity index (χ1) is 9.97. The monoisotopic (exact) mass is 372 g/mol. The zero-order chi connectivity index (χ0) is 15.6. The summed E-state index contributed by atoms with van der Waals surface area (Å²) < 4.78 is 8.05. The summed E-state index contributed by atoms with van der Waals surface area (Å²) in [5.41, 5.74) is 2.66. The number of ether oxygens (including phenoxy) is 1. The normalized spacial score (nSPS) is 12.5. The van der Waals surface area contributed by atoms with Gasteiger partial charge in [-0.3, -0.25) is 4.68 Å². The molecule has 0 saturated carbocycles. The molecule has 1 atom stereocenters. The molecule has 0 spiro atoms. The van der Waals surface area contributed by atoms with Crippen molar-refractivity contribution < 1.29 is 9.84 Å². The van der Waals surface area contributed by atoms with E-state index in [1.54, 1.807) is 30.0 Å². The van der Waals surface area contributed by atoms with Crippen LogP contribution in [0.15, 0.2) is 22.7 Å². The van der Waals surface area contributed by atoms with Crippen molar-refractivity contribution in [1.29, 1.82) is 0 Å². The fourth-order valence-corrected chi connectivity index (χ4v) is 3.24. The molecule has 0 aliphatic heterocycles. The van der Waals surface area contributed by atoms with Gasteiger partial charge in [0.1, 0.15) is 5.75 Å². The van der Waals surface area contributed by atoms with Crippen LogP contribution in [-0.2, 0) is 19.9 Å². The molecule has 1 unspecified atom stereocenters. The quantitative estimate of drug-likeness (QED) is 0.869. The summed E-state index contributed by atoms with van der Waals surface area (Å²) >= 11 is 9.51. The molecular formula is C15H18BrClN2O2. The van der Waals surface area contributed by atoms with Crippen molar-refractivity contribution >= 4 is 27.5 Å². The lowest BCUT2D eigenvalue weighted by molar-refractivity contribution is 0.171. The summed E-state index contributed by atoms with van der Waals surface area (Å²) in [5, 5.41) is 15.5. The van der Waals surface area contributed by atoms with E-state index in [0.717, 1.165) is 22.3 Å². The van der Waals surface area contributed by atoms with Gasteiger partial charge in [-0.05, 0) is 34.5 Å². The highest BCUT2D eigenvalue weighted by Gasteiger charge is 2.20. The molecule has 6 heteroatoms. The van der Waals surface area contributed by atoms with E-state index in [0.29, 0.717) is 22.8 Å². The molecule has 0 saturated heterocycles. The van der Waals surface area contributed by atoms with E-state index in [-0.39, 0.29) is 0 Å². The van der Waals surface area contributed by atoms with Crippen LogP contribution in [0.5, 0.6) is 5.75 Å². The largest absolute Gasteiger partial charge is 0.496 e. The van der Waals surface area contributed by atoms with Gasteiger partial charge in [-0.15, -0.1) is 0 Å². The second-order valence-electron chi connectivity index (χ2n) is 4.79. The third-order valence-corrected chi connectivity index (χ3v) is 4.59. The van der Waals surface area contributed by atoms with E-state index in [9.17, 15) is 5.11 Å². The number of rotatable bonds is 5. The molecule has 1 heterocycles. The van der Waals surface area contributed by atoms with Crippen LogP contribution in [0.1, 0.15) is 30.0 Å². The van der Waals surface area contributed by atoms with Gasteiger partial charge < -0.3 is 9.84 Å². The van der Waals surface area contributed by atoms with E-state index in [1.807, 2.05) is 7.05 Å². The maximum absolute atomic E-state index is 10.5. The highest BCUT2D eigenvalue weighted by molar-refractivity contribution is 9.10. The number of hydrogen-bond acceptors (Lipinski definition) is 3. The Bertz CT molecular complexity index is 643. The van der Waals surface area contributed by atoms with Crippen LogP contribution in [0.2, 0.25) is 5.02 Å². The Hall–Kier alpha value is -1.04. The predicted octanol–water partition coefficient (Wildman–Crippen LogP) is 3.68. The van der Waals surface area contributed by atoms with E-state index >= 15 is 0 Å². The van der Waals surface area contributed by atoms with Crippen LogP contribution in [0.25, 0.3) is 0 Å². The molecule has 1 aromatic carbocycles. The lowest BCUT2D eigenvalue weighted by atomic mass is 10.0. The standard InChI is InChI=1S/C15H18BrClN2O2/c1-4-11-15(16)12(19(2)18-11)8-13(20)10-6-5-9(17)7-14(10)21-3/h5-7,13,20H,4,8H2,1-3H3. The van der Waals surface area contributed by atoms with Crippen LogP contribution >= 0.6 is 27.5 Å². The smallest absolute Gasteiger partial charge is 0.126 e. The lowest BCUT2D eigenvalue weighted by Crippen LogP contribution is -2.08. The number of nitrogens with zero attached hydrogens (tertiary/aromatic N) is 2. The molecule has 114 valence electrons. The van der Waals surface area contributed by atoms with Crippen molar-refractivity contribution in [3.05, 3.63) is 44.6 Å². The topological polar surface area (TPSA) is 47.3 Å². The minimum absolute atomic E-state index is 0.447. The lowest BCUT2D eigenvalue weighted by Gasteiger charge is -2.15. The first-order valence-electron chi connectivity index (χ1n) is 6.69. The summed E-state index contributed by atoms with van der Waals surface area (Å²) in [6.45, 7) is 2.05. The predicted molar refractivity (Wildman–Crippen MR) is 87.0 cm³/mol. The van der Waals surface area contributed by atoms with Crippen molar-refractivity contribution in [3.8, 4) is 5.75 Å². The van der Waals surface area contributed by atoms with Gasteiger partial charge in [0.2, 0.25) is 0 Å². The number of aryl methyl sites for hydroxylation is 2. The molecule has 1 N–H and O–H groups in total. The minimum atomic E-state index is -0.686. The maximum atomic E-state index is 10.5. The van der Waals surface area contributed by atoms with Crippen LogP contribution in [0, 0.1) is 0 Å². The van der Waals surface area contributed by atoms with Crippen LogP contribution in [0.4, 0.5) is 0 Å². The SMILES string of the molecule is CCc1nn(C)c(CC(O)c2ccc(Cl)cc2OC)c1Br. The molecule has 0 bridgehead atoms. The molecular weight excluding hydrogens is 356 g/mol. The number of aliphatic hydroxyl groups excluding tert-OH is 1. The van der Waals surface area contributed by atoms with Crippen molar-refractivity contribution in [1.82, 2.24) is 9.78 Å². The average Bonchev–Trinajstić information content (AvgIpc) is 2.74. The maximum Gasteiger partial charge on any atom is 0.126 e. The summed E-state index contributed by atoms with van der Waals surface area (Å²) in [5.74, 6) is 0.587. The second-order valence-corrected chi connectivity index (χ2v) is 6.02. The van der Waals surface area contributed by atoms with Crippen LogP contribution < -0.4 is 4.74 Å². The zero-order valence-corrected chi connectivity index (χ0v) is 14.6. The van der Waals surface area contributed by atoms with Gasteiger partial charge in [0, 0.05) is 24.1 Å². The summed E-state index contributed by atoms with van der Waals surface area (Å²) in [6, 6.07) is 5.24. The Balaban J connectivity index is 2.30. The molecule has 2 rings (SSSR count). The van der Waals surface area contributed by atoms with Crippen LogP contribution in [0.3, 0.4) is 0 Å². The Labute approximate surface area is 137 Å². The highest BCUT2D eigenvalue weighted by atomic mass is 79.9. The Morgan fingerprint density at radius 1 is 1.48 bits per heavy atom. The van der Waals surface area contributed by atoms with Gasteiger partial charge >= 0.3 is 0 Å². The summed E-state index contributed by atoms with van der Waals surface area (Å²) in [6.07, 6.45) is 0.602. The third kappa shape index (κ3) is 3.42. The van der Waals surface area contributed by atoms with E-state index in [2.05, 4.69) is 28.0 Å². The van der Waals surface area contributed by atoms with Gasteiger partial charge in [0.15, 0.2) is 0 Å². The molecule has 1 aromatic heterocycles. The summed E-state index contributed by atoms with van der Waals surface area (Å²) in [4.78, 5) is 0. The molecule has 0 aliphatic rings. The van der Waals surface area contributed by atoms with Crippen molar-refractivity contribution in [2.24, 2.45) is 7.05 Å². The van der Waals surface area contributed by atoms with E-state index in [4.69, 9.17) is 16.3 Å². The van der Waals surface area contributed by atoms with Gasteiger partial charge in [-0.2, -0.15) is 5.10 Å². The van der Waals surface area contributed by atoms with Gasteiger partial charge in [0.25, 0.3) is 0 Å². The Kier molecular flexibility index (Phi) is 5.30. The van der Waals surface area contributed by atoms with E-state index in [1.165, 1.54) is 0 Å². The molecule has 4 nitrogen and oxygen atoms in total. The number of aliphatic hydroxyl groups is 1. The minimum Gasteiger partial charge on any atom is -0.496 e. The van der Waals surface area contributed by atoms with E-state index < -0.39 is 6.10 Å². The number of benzene rings is 1.